The fourth-order valence-corrected chi connectivity index (χ4v) is 2.07. The Labute approximate surface area is 141 Å². The first kappa shape index (κ1) is 17.5. The Bertz CT molecular complexity index is 649. The molecule has 0 radical (unpaired) electrons. The number of esters is 2. The van der Waals surface area contributed by atoms with Crippen LogP contribution in [0.15, 0.2) is 54.6 Å². The summed E-state index contributed by atoms with van der Waals surface area (Å²) in [7, 11) is 1.62. The van der Waals surface area contributed by atoms with Crippen LogP contribution in [0, 0.1) is 0 Å². The van der Waals surface area contributed by atoms with Crippen molar-refractivity contribution in [2.45, 2.75) is 19.4 Å². The van der Waals surface area contributed by atoms with Crippen molar-refractivity contribution in [3.63, 3.8) is 0 Å². The molecule has 2 aromatic rings. The monoisotopic (exact) mass is 328 g/mol. The van der Waals surface area contributed by atoms with Crippen LogP contribution < -0.4 is 4.74 Å². The molecular formula is C19H20O5. The van der Waals surface area contributed by atoms with Crippen LogP contribution in [-0.4, -0.2) is 25.7 Å². The van der Waals surface area contributed by atoms with E-state index in [1.54, 1.807) is 7.11 Å². The van der Waals surface area contributed by atoms with Gasteiger partial charge in [-0.15, -0.1) is 0 Å². The Morgan fingerprint density at radius 1 is 0.833 bits per heavy atom. The van der Waals surface area contributed by atoms with Crippen LogP contribution in [0.3, 0.4) is 0 Å². The van der Waals surface area contributed by atoms with E-state index >= 15 is 0 Å². The Kier molecular flexibility index (Phi) is 6.83. The van der Waals surface area contributed by atoms with Gasteiger partial charge in [-0.25, -0.2) is 9.59 Å². The molecule has 0 fully saturated rings. The topological polar surface area (TPSA) is 61.8 Å². The van der Waals surface area contributed by atoms with E-state index in [1.807, 2.05) is 54.6 Å². The summed E-state index contributed by atoms with van der Waals surface area (Å²) in [5.74, 6) is -1.13. The predicted molar refractivity (Wildman–Crippen MR) is 88.5 cm³/mol. The molecule has 24 heavy (non-hydrogen) atoms. The van der Waals surface area contributed by atoms with Crippen molar-refractivity contribution in [1.82, 2.24) is 0 Å². The lowest BCUT2D eigenvalue weighted by molar-refractivity contribution is -0.168. The molecular weight excluding hydrogens is 308 g/mol. The third kappa shape index (κ3) is 5.76. The molecule has 0 aliphatic heterocycles. The number of hydrogen-bond donors (Lipinski definition) is 0. The van der Waals surface area contributed by atoms with Crippen molar-refractivity contribution in [3.8, 4) is 5.75 Å². The standard InChI is InChI=1S/C19H20O5/c1-22-17-11-9-15(10-12-17)8-5-13-23-18(20)19(21)24-14-16-6-3-2-4-7-16/h2-4,6-7,9-12H,5,8,13-14H2,1H3. The summed E-state index contributed by atoms with van der Waals surface area (Å²) < 4.78 is 14.9. The summed E-state index contributed by atoms with van der Waals surface area (Å²) >= 11 is 0. The Hall–Kier alpha value is -2.82. The van der Waals surface area contributed by atoms with Crippen LogP contribution in [-0.2, 0) is 32.1 Å². The summed E-state index contributed by atoms with van der Waals surface area (Å²) in [6.45, 7) is 0.228. The van der Waals surface area contributed by atoms with Crippen molar-refractivity contribution >= 4 is 11.9 Å². The van der Waals surface area contributed by atoms with E-state index in [2.05, 4.69) is 0 Å². The average Bonchev–Trinajstić information content (AvgIpc) is 2.64. The van der Waals surface area contributed by atoms with Gasteiger partial charge < -0.3 is 14.2 Å². The molecule has 0 aliphatic carbocycles. The quantitative estimate of drug-likeness (QED) is 0.444. The molecule has 0 N–H and O–H groups in total. The van der Waals surface area contributed by atoms with Crippen LogP contribution in [0.4, 0.5) is 0 Å². The fraction of sp³-hybridized carbons (Fsp3) is 0.263. The van der Waals surface area contributed by atoms with Crippen molar-refractivity contribution in [3.05, 3.63) is 65.7 Å². The van der Waals surface area contributed by atoms with Crippen molar-refractivity contribution in [2.24, 2.45) is 0 Å². The molecule has 0 spiro atoms. The first-order chi connectivity index (χ1) is 11.7. The number of ether oxygens (including phenoxy) is 3. The first-order valence-electron chi connectivity index (χ1n) is 7.70. The molecule has 0 saturated carbocycles. The van der Waals surface area contributed by atoms with Gasteiger partial charge in [-0.05, 0) is 36.1 Å². The summed E-state index contributed by atoms with van der Waals surface area (Å²) in [6, 6.07) is 16.8. The second-order valence-electron chi connectivity index (χ2n) is 5.15. The van der Waals surface area contributed by atoms with Gasteiger partial charge in [0.05, 0.1) is 13.7 Å². The molecule has 5 heteroatoms. The average molecular weight is 328 g/mol. The number of methoxy groups -OCH3 is 1. The first-order valence-corrected chi connectivity index (χ1v) is 7.70. The van der Waals surface area contributed by atoms with E-state index < -0.39 is 11.9 Å². The number of rotatable bonds is 7. The van der Waals surface area contributed by atoms with Gasteiger partial charge in [0.25, 0.3) is 0 Å². The molecule has 0 aromatic heterocycles. The number of carbonyl (C=O) groups is 2. The van der Waals surface area contributed by atoms with Crippen molar-refractivity contribution in [2.75, 3.05) is 13.7 Å². The zero-order valence-corrected chi connectivity index (χ0v) is 13.6. The minimum absolute atomic E-state index is 0.0562. The lowest BCUT2D eigenvalue weighted by Crippen LogP contribution is -2.20. The third-order valence-corrected chi connectivity index (χ3v) is 3.38. The number of carbonyl (C=O) groups excluding carboxylic acids is 2. The number of hydrogen-bond acceptors (Lipinski definition) is 5. The predicted octanol–water partition coefficient (Wildman–Crippen LogP) is 2.91. The molecule has 2 aromatic carbocycles. The number of benzene rings is 2. The van der Waals surface area contributed by atoms with Gasteiger partial charge in [0.2, 0.25) is 0 Å². The SMILES string of the molecule is COc1ccc(CCCOC(=O)C(=O)OCc2ccccc2)cc1. The Morgan fingerprint density at radius 2 is 1.50 bits per heavy atom. The highest BCUT2D eigenvalue weighted by molar-refractivity contribution is 6.29. The van der Waals surface area contributed by atoms with Crippen molar-refractivity contribution in [1.29, 1.82) is 0 Å². The van der Waals surface area contributed by atoms with Crippen LogP contribution in [0.2, 0.25) is 0 Å². The Balaban J connectivity index is 1.64. The molecule has 0 aliphatic rings. The van der Waals surface area contributed by atoms with Crippen LogP contribution in [0.1, 0.15) is 17.5 Å². The van der Waals surface area contributed by atoms with E-state index in [-0.39, 0.29) is 13.2 Å². The summed E-state index contributed by atoms with van der Waals surface area (Å²) in [5, 5.41) is 0. The van der Waals surface area contributed by atoms with E-state index in [1.165, 1.54) is 0 Å². The van der Waals surface area contributed by atoms with Gasteiger partial charge in [0, 0.05) is 0 Å². The largest absolute Gasteiger partial charge is 0.497 e. The van der Waals surface area contributed by atoms with Gasteiger partial charge in [-0.1, -0.05) is 42.5 Å². The summed E-state index contributed by atoms with van der Waals surface area (Å²) in [4.78, 5) is 23.1. The highest BCUT2D eigenvalue weighted by atomic mass is 16.6. The highest BCUT2D eigenvalue weighted by Crippen LogP contribution is 2.12. The second-order valence-corrected chi connectivity index (χ2v) is 5.15. The zero-order valence-electron chi connectivity index (χ0n) is 13.6. The van der Waals surface area contributed by atoms with Gasteiger partial charge in [-0.3, -0.25) is 0 Å². The minimum Gasteiger partial charge on any atom is -0.497 e. The molecule has 0 unspecified atom stereocenters. The van der Waals surface area contributed by atoms with Crippen LogP contribution in [0.25, 0.3) is 0 Å². The maximum Gasteiger partial charge on any atom is 0.417 e. The van der Waals surface area contributed by atoms with Crippen molar-refractivity contribution < 1.29 is 23.8 Å². The second kappa shape index (κ2) is 9.35. The van der Waals surface area contributed by atoms with E-state index in [4.69, 9.17) is 14.2 Å². The molecule has 0 amide bonds. The van der Waals surface area contributed by atoms with E-state index in [9.17, 15) is 9.59 Å². The summed E-state index contributed by atoms with van der Waals surface area (Å²) in [6.07, 6.45) is 1.38. The molecule has 2 rings (SSSR count). The fourth-order valence-electron chi connectivity index (χ4n) is 2.07. The van der Waals surface area contributed by atoms with Crippen LogP contribution in [0.5, 0.6) is 5.75 Å². The lowest BCUT2D eigenvalue weighted by atomic mass is 10.1. The highest BCUT2D eigenvalue weighted by Gasteiger charge is 2.17. The number of aryl methyl sites for hydroxylation is 1. The van der Waals surface area contributed by atoms with E-state index in [0.29, 0.717) is 6.42 Å². The zero-order chi connectivity index (χ0) is 17.2. The maximum absolute atomic E-state index is 11.5. The van der Waals surface area contributed by atoms with Gasteiger partial charge in [0.15, 0.2) is 0 Å². The maximum atomic E-state index is 11.5. The minimum atomic E-state index is -0.969. The summed E-state index contributed by atoms with van der Waals surface area (Å²) in [5.41, 5.74) is 1.93. The smallest absolute Gasteiger partial charge is 0.417 e. The lowest BCUT2D eigenvalue weighted by Gasteiger charge is -2.06. The van der Waals surface area contributed by atoms with Crippen LogP contribution >= 0.6 is 0 Å². The molecule has 0 atom stereocenters. The normalized spacial score (nSPS) is 10.0. The molecule has 126 valence electrons. The van der Waals surface area contributed by atoms with Gasteiger partial charge in [-0.2, -0.15) is 0 Å². The van der Waals surface area contributed by atoms with Gasteiger partial charge >= 0.3 is 11.9 Å². The molecule has 0 saturated heterocycles. The van der Waals surface area contributed by atoms with E-state index in [0.717, 1.165) is 23.3 Å². The Morgan fingerprint density at radius 3 is 2.17 bits per heavy atom. The third-order valence-electron chi connectivity index (χ3n) is 3.38. The molecule has 0 heterocycles. The molecule has 0 bridgehead atoms. The molecule has 5 nitrogen and oxygen atoms in total. The van der Waals surface area contributed by atoms with Gasteiger partial charge in [0.1, 0.15) is 12.4 Å².